The van der Waals surface area contributed by atoms with Crippen molar-refractivity contribution in [3.63, 3.8) is 0 Å². The second-order valence-electron chi connectivity index (χ2n) is 4.99. The number of benzene rings is 2. The fraction of sp³-hybridized carbons (Fsp3) is 0.176. The molecule has 0 saturated heterocycles. The van der Waals surface area contributed by atoms with Crippen LogP contribution in [0.2, 0.25) is 0 Å². The standard InChI is InChI=1S/C17H15NO5/c1-10-12(17(20)21-2)4-3-5-13(10)18-16(19)11-6-7-14-15(8-11)23-9-22-14/h3-8H,9H2,1-2H3,(H,18,19). The Morgan fingerprint density at radius 2 is 1.91 bits per heavy atom. The maximum Gasteiger partial charge on any atom is 0.338 e. The predicted molar refractivity (Wildman–Crippen MR) is 83.0 cm³/mol. The smallest absolute Gasteiger partial charge is 0.338 e. The lowest BCUT2D eigenvalue weighted by molar-refractivity contribution is 0.0599. The quantitative estimate of drug-likeness (QED) is 0.882. The van der Waals surface area contributed by atoms with Crippen molar-refractivity contribution in [2.75, 3.05) is 19.2 Å². The minimum absolute atomic E-state index is 0.153. The average molecular weight is 313 g/mol. The van der Waals surface area contributed by atoms with Gasteiger partial charge in [0, 0.05) is 11.3 Å². The Morgan fingerprint density at radius 1 is 1.13 bits per heavy atom. The van der Waals surface area contributed by atoms with Gasteiger partial charge in [-0.1, -0.05) is 6.07 Å². The van der Waals surface area contributed by atoms with E-state index in [9.17, 15) is 9.59 Å². The van der Waals surface area contributed by atoms with Gasteiger partial charge in [-0.05, 0) is 42.8 Å². The molecule has 0 spiro atoms. The summed E-state index contributed by atoms with van der Waals surface area (Å²) in [4.78, 5) is 24.1. The van der Waals surface area contributed by atoms with Crippen LogP contribution < -0.4 is 14.8 Å². The van der Waals surface area contributed by atoms with E-state index in [0.29, 0.717) is 33.9 Å². The van der Waals surface area contributed by atoms with Gasteiger partial charge in [-0.2, -0.15) is 0 Å². The van der Waals surface area contributed by atoms with Crippen molar-refractivity contribution in [1.29, 1.82) is 0 Å². The molecule has 2 aromatic carbocycles. The van der Waals surface area contributed by atoms with E-state index in [2.05, 4.69) is 5.32 Å². The van der Waals surface area contributed by atoms with Gasteiger partial charge in [0.25, 0.3) is 5.91 Å². The number of esters is 1. The molecule has 1 aliphatic heterocycles. The topological polar surface area (TPSA) is 73.9 Å². The lowest BCUT2D eigenvalue weighted by atomic mass is 10.1. The molecule has 0 aliphatic carbocycles. The molecule has 0 bridgehead atoms. The van der Waals surface area contributed by atoms with Crippen LogP contribution in [0.1, 0.15) is 26.3 Å². The molecule has 0 unspecified atom stereocenters. The van der Waals surface area contributed by atoms with E-state index in [1.54, 1.807) is 43.3 Å². The molecule has 0 saturated carbocycles. The third-order valence-corrected chi connectivity index (χ3v) is 3.62. The first-order chi connectivity index (χ1) is 11.1. The normalized spacial score (nSPS) is 11.9. The second kappa shape index (κ2) is 6.00. The van der Waals surface area contributed by atoms with Crippen LogP contribution in [0.15, 0.2) is 36.4 Å². The fourth-order valence-electron chi connectivity index (χ4n) is 2.33. The molecule has 0 fully saturated rings. The monoisotopic (exact) mass is 313 g/mol. The first-order valence-electron chi connectivity index (χ1n) is 6.99. The van der Waals surface area contributed by atoms with E-state index in [1.165, 1.54) is 7.11 Å². The molecule has 0 radical (unpaired) electrons. The molecule has 118 valence electrons. The summed E-state index contributed by atoms with van der Waals surface area (Å²) in [7, 11) is 1.32. The Hall–Kier alpha value is -3.02. The molecule has 3 rings (SSSR count). The molecule has 2 aromatic rings. The summed E-state index contributed by atoms with van der Waals surface area (Å²) in [6.45, 7) is 1.90. The van der Waals surface area contributed by atoms with Crippen molar-refractivity contribution in [2.24, 2.45) is 0 Å². The van der Waals surface area contributed by atoms with Gasteiger partial charge in [-0.3, -0.25) is 4.79 Å². The minimum atomic E-state index is -0.443. The van der Waals surface area contributed by atoms with Gasteiger partial charge in [-0.15, -0.1) is 0 Å². The summed E-state index contributed by atoms with van der Waals surface area (Å²) in [6, 6.07) is 10.0. The molecule has 6 heteroatoms. The highest BCUT2D eigenvalue weighted by Gasteiger charge is 2.18. The molecular formula is C17H15NO5. The summed E-state index contributed by atoms with van der Waals surface area (Å²) < 4.78 is 15.2. The molecule has 1 aliphatic rings. The Kier molecular flexibility index (Phi) is 3.89. The lowest BCUT2D eigenvalue weighted by Gasteiger charge is -2.11. The van der Waals surface area contributed by atoms with Gasteiger partial charge >= 0.3 is 5.97 Å². The van der Waals surface area contributed by atoms with Crippen LogP contribution >= 0.6 is 0 Å². The van der Waals surface area contributed by atoms with Gasteiger partial charge in [0.05, 0.1) is 12.7 Å². The molecular weight excluding hydrogens is 298 g/mol. The van der Waals surface area contributed by atoms with Crippen LogP contribution in [0.3, 0.4) is 0 Å². The molecule has 1 N–H and O–H groups in total. The first kappa shape index (κ1) is 14.9. The zero-order valence-corrected chi connectivity index (χ0v) is 12.7. The Labute approximate surface area is 133 Å². The van der Waals surface area contributed by atoms with E-state index < -0.39 is 5.97 Å². The van der Waals surface area contributed by atoms with Gasteiger partial charge < -0.3 is 19.5 Å². The Morgan fingerprint density at radius 3 is 2.70 bits per heavy atom. The summed E-state index contributed by atoms with van der Waals surface area (Å²) in [5.74, 6) is 0.415. The SMILES string of the molecule is COC(=O)c1cccc(NC(=O)c2ccc3c(c2)OCO3)c1C. The minimum Gasteiger partial charge on any atom is -0.465 e. The molecule has 1 heterocycles. The van der Waals surface area contributed by atoms with Crippen molar-refractivity contribution in [3.8, 4) is 11.5 Å². The van der Waals surface area contributed by atoms with Crippen LogP contribution in [0.5, 0.6) is 11.5 Å². The van der Waals surface area contributed by atoms with Crippen LogP contribution in [0, 0.1) is 6.92 Å². The summed E-state index contributed by atoms with van der Waals surface area (Å²) >= 11 is 0. The molecule has 0 atom stereocenters. The highest BCUT2D eigenvalue weighted by Crippen LogP contribution is 2.32. The maximum absolute atomic E-state index is 12.4. The number of fused-ring (bicyclic) bond motifs is 1. The number of amides is 1. The van der Waals surface area contributed by atoms with E-state index in [4.69, 9.17) is 14.2 Å². The summed E-state index contributed by atoms with van der Waals surface area (Å²) in [5, 5.41) is 2.79. The van der Waals surface area contributed by atoms with E-state index in [-0.39, 0.29) is 12.7 Å². The Bertz CT molecular complexity index is 785. The fourth-order valence-corrected chi connectivity index (χ4v) is 2.33. The van der Waals surface area contributed by atoms with E-state index in [0.717, 1.165) is 0 Å². The highest BCUT2D eigenvalue weighted by molar-refractivity contribution is 6.06. The van der Waals surface area contributed by atoms with Gasteiger partial charge in [-0.25, -0.2) is 4.79 Å². The van der Waals surface area contributed by atoms with Crippen molar-refractivity contribution < 1.29 is 23.8 Å². The number of nitrogens with one attached hydrogen (secondary N) is 1. The van der Waals surface area contributed by atoms with Crippen LogP contribution in [0.4, 0.5) is 5.69 Å². The summed E-state index contributed by atoms with van der Waals surface area (Å²) in [5.41, 5.74) is 2.05. The van der Waals surface area contributed by atoms with Crippen LogP contribution in [0.25, 0.3) is 0 Å². The summed E-state index contributed by atoms with van der Waals surface area (Å²) in [6.07, 6.45) is 0. The van der Waals surface area contributed by atoms with Crippen molar-refractivity contribution in [3.05, 3.63) is 53.1 Å². The zero-order valence-electron chi connectivity index (χ0n) is 12.7. The number of ether oxygens (including phenoxy) is 3. The first-order valence-corrected chi connectivity index (χ1v) is 6.99. The van der Waals surface area contributed by atoms with E-state index >= 15 is 0 Å². The van der Waals surface area contributed by atoms with Crippen molar-refractivity contribution in [1.82, 2.24) is 0 Å². The third-order valence-electron chi connectivity index (χ3n) is 3.62. The van der Waals surface area contributed by atoms with E-state index in [1.807, 2.05) is 0 Å². The third kappa shape index (κ3) is 2.83. The van der Waals surface area contributed by atoms with Gasteiger partial charge in [0.2, 0.25) is 6.79 Å². The van der Waals surface area contributed by atoms with Crippen molar-refractivity contribution >= 4 is 17.6 Å². The second-order valence-corrected chi connectivity index (χ2v) is 4.99. The Balaban J connectivity index is 1.84. The maximum atomic E-state index is 12.4. The van der Waals surface area contributed by atoms with Gasteiger partial charge in [0.1, 0.15) is 0 Å². The number of methoxy groups -OCH3 is 1. The van der Waals surface area contributed by atoms with Crippen LogP contribution in [-0.2, 0) is 4.74 Å². The number of carbonyl (C=O) groups is 2. The molecule has 0 aromatic heterocycles. The van der Waals surface area contributed by atoms with Gasteiger partial charge in [0.15, 0.2) is 11.5 Å². The number of carbonyl (C=O) groups excluding carboxylic acids is 2. The predicted octanol–water partition coefficient (Wildman–Crippen LogP) is 2.76. The van der Waals surface area contributed by atoms with Crippen molar-refractivity contribution in [2.45, 2.75) is 6.92 Å². The number of anilines is 1. The molecule has 6 nitrogen and oxygen atoms in total. The highest BCUT2D eigenvalue weighted by atomic mass is 16.7. The zero-order chi connectivity index (χ0) is 16.4. The number of rotatable bonds is 3. The molecule has 1 amide bonds. The largest absolute Gasteiger partial charge is 0.465 e. The molecule has 23 heavy (non-hydrogen) atoms. The number of hydrogen-bond acceptors (Lipinski definition) is 5. The lowest BCUT2D eigenvalue weighted by Crippen LogP contribution is -2.14. The average Bonchev–Trinajstić information content (AvgIpc) is 3.03. The number of hydrogen-bond donors (Lipinski definition) is 1. The van der Waals surface area contributed by atoms with Crippen LogP contribution in [-0.4, -0.2) is 25.8 Å².